The van der Waals surface area contributed by atoms with Crippen LogP contribution in [-0.2, 0) is 14.4 Å². The number of nitrogens with zero attached hydrogens (tertiary/aromatic N) is 2. The molecule has 1 atom stereocenters. The van der Waals surface area contributed by atoms with E-state index >= 15 is 0 Å². The summed E-state index contributed by atoms with van der Waals surface area (Å²) in [5.74, 6) is -0.211. The van der Waals surface area contributed by atoms with Crippen molar-refractivity contribution in [3.8, 4) is 0 Å². The number of likely N-dealkylation sites (tertiary alicyclic amines) is 2. The molecular weight excluding hydrogens is 306 g/mol. The Morgan fingerprint density at radius 2 is 1.67 bits per heavy atom. The van der Waals surface area contributed by atoms with E-state index in [2.05, 4.69) is 5.32 Å². The maximum atomic E-state index is 12.6. The fourth-order valence-electron chi connectivity index (χ4n) is 3.57. The Balaban J connectivity index is 1.92. The highest BCUT2D eigenvalue weighted by atomic mass is 16.2. The van der Waals surface area contributed by atoms with Gasteiger partial charge in [-0.3, -0.25) is 14.4 Å². The number of nitrogens with one attached hydrogen (secondary N) is 1. The summed E-state index contributed by atoms with van der Waals surface area (Å²) in [5, 5.41) is 2.93. The molecule has 0 unspecified atom stereocenters. The van der Waals surface area contributed by atoms with Crippen LogP contribution in [0.4, 0.5) is 0 Å². The average Bonchev–Trinajstić information content (AvgIpc) is 3.08. The zero-order chi connectivity index (χ0) is 17.7. The SMILES string of the molecule is CCCC(=O)N1CCC[C@H](C(=O)NC(C)(C)C(=O)N2CCCC2)C1. The predicted molar refractivity (Wildman–Crippen MR) is 92.2 cm³/mol. The van der Waals surface area contributed by atoms with Gasteiger partial charge in [0.1, 0.15) is 5.54 Å². The largest absolute Gasteiger partial charge is 0.342 e. The number of carbonyl (C=O) groups excluding carboxylic acids is 3. The fourth-order valence-corrected chi connectivity index (χ4v) is 3.57. The molecule has 2 fully saturated rings. The van der Waals surface area contributed by atoms with Gasteiger partial charge < -0.3 is 15.1 Å². The zero-order valence-electron chi connectivity index (χ0n) is 15.3. The molecule has 0 aliphatic carbocycles. The molecule has 1 N–H and O–H groups in total. The Hall–Kier alpha value is -1.59. The van der Waals surface area contributed by atoms with Crippen molar-refractivity contribution < 1.29 is 14.4 Å². The van der Waals surface area contributed by atoms with Crippen LogP contribution in [0.15, 0.2) is 0 Å². The number of hydrogen-bond acceptors (Lipinski definition) is 3. The van der Waals surface area contributed by atoms with Crippen molar-refractivity contribution in [1.82, 2.24) is 15.1 Å². The summed E-state index contributed by atoms with van der Waals surface area (Å²) in [5.41, 5.74) is -0.892. The summed E-state index contributed by atoms with van der Waals surface area (Å²) in [6, 6.07) is 0. The summed E-state index contributed by atoms with van der Waals surface area (Å²) in [6.45, 7) is 8.29. The van der Waals surface area contributed by atoms with Crippen molar-refractivity contribution in [2.75, 3.05) is 26.2 Å². The van der Waals surface area contributed by atoms with Gasteiger partial charge >= 0.3 is 0 Å². The quantitative estimate of drug-likeness (QED) is 0.827. The third kappa shape index (κ3) is 4.48. The first-order chi connectivity index (χ1) is 11.3. The summed E-state index contributed by atoms with van der Waals surface area (Å²) in [4.78, 5) is 40.9. The topological polar surface area (TPSA) is 69.7 Å². The zero-order valence-corrected chi connectivity index (χ0v) is 15.3. The van der Waals surface area contributed by atoms with Crippen molar-refractivity contribution in [3.05, 3.63) is 0 Å². The van der Waals surface area contributed by atoms with Crippen LogP contribution in [0.1, 0.15) is 59.3 Å². The van der Waals surface area contributed by atoms with Crippen LogP contribution in [0, 0.1) is 5.92 Å². The molecule has 136 valence electrons. The molecule has 2 heterocycles. The number of carbonyl (C=O) groups is 3. The van der Waals surface area contributed by atoms with Crippen molar-refractivity contribution in [3.63, 3.8) is 0 Å². The lowest BCUT2D eigenvalue weighted by atomic mass is 9.94. The van der Waals surface area contributed by atoms with Crippen LogP contribution in [-0.4, -0.2) is 59.2 Å². The lowest BCUT2D eigenvalue weighted by Crippen LogP contribution is -2.58. The minimum Gasteiger partial charge on any atom is -0.342 e. The number of rotatable bonds is 5. The molecule has 0 radical (unpaired) electrons. The maximum Gasteiger partial charge on any atom is 0.247 e. The molecule has 2 rings (SSSR count). The molecule has 6 nitrogen and oxygen atoms in total. The molecule has 0 saturated carbocycles. The molecular formula is C18H31N3O3. The van der Waals surface area contributed by atoms with Gasteiger partial charge in [-0.2, -0.15) is 0 Å². The van der Waals surface area contributed by atoms with Crippen LogP contribution in [0.25, 0.3) is 0 Å². The van der Waals surface area contributed by atoms with Gasteiger partial charge in [0.05, 0.1) is 5.92 Å². The van der Waals surface area contributed by atoms with E-state index in [1.165, 1.54) is 0 Å². The summed E-state index contributed by atoms with van der Waals surface area (Å²) >= 11 is 0. The number of amides is 3. The van der Waals surface area contributed by atoms with E-state index in [0.717, 1.165) is 51.7 Å². The Morgan fingerprint density at radius 1 is 1.04 bits per heavy atom. The van der Waals surface area contributed by atoms with Crippen LogP contribution in [0.5, 0.6) is 0 Å². The number of hydrogen-bond donors (Lipinski definition) is 1. The lowest BCUT2D eigenvalue weighted by Gasteiger charge is -2.35. The minimum absolute atomic E-state index is 0.0110. The third-order valence-corrected chi connectivity index (χ3v) is 4.97. The second-order valence-corrected chi connectivity index (χ2v) is 7.54. The summed E-state index contributed by atoms with van der Waals surface area (Å²) in [6.07, 6.45) is 5.04. The van der Waals surface area contributed by atoms with Gasteiger partial charge in [-0.1, -0.05) is 6.92 Å². The summed E-state index contributed by atoms with van der Waals surface area (Å²) in [7, 11) is 0. The van der Waals surface area contributed by atoms with E-state index in [1.807, 2.05) is 11.8 Å². The second-order valence-electron chi connectivity index (χ2n) is 7.54. The molecule has 24 heavy (non-hydrogen) atoms. The number of piperidine rings is 1. The van der Waals surface area contributed by atoms with Crippen molar-refractivity contribution in [2.24, 2.45) is 5.92 Å². The van der Waals surface area contributed by atoms with E-state index in [9.17, 15) is 14.4 Å². The van der Waals surface area contributed by atoms with Gasteiger partial charge in [0.15, 0.2) is 0 Å². The van der Waals surface area contributed by atoms with Crippen LogP contribution >= 0.6 is 0 Å². The normalized spacial score (nSPS) is 21.7. The van der Waals surface area contributed by atoms with Gasteiger partial charge in [-0.25, -0.2) is 0 Å². The summed E-state index contributed by atoms with van der Waals surface area (Å²) < 4.78 is 0. The highest BCUT2D eigenvalue weighted by Gasteiger charge is 2.37. The Labute approximate surface area is 144 Å². The van der Waals surface area contributed by atoms with Crippen molar-refractivity contribution in [2.45, 2.75) is 64.8 Å². The van der Waals surface area contributed by atoms with E-state index in [4.69, 9.17) is 0 Å². The third-order valence-electron chi connectivity index (χ3n) is 4.97. The lowest BCUT2D eigenvalue weighted by molar-refractivity contribution is -0.142. The molecule has 3 amide bonds. The molecule has 0 aromatic heterocycles. The maximum absolute atomic E-state index is 12.6. The van der Waals surface area contributed by atoms with Gasteiger partial charge in [-0.05, 0) is 46.0 Å². The Kier molecular flexibility index (Phi) is 6.24. The molecule has 0 bridgehead atoms. The molecule has 2 aliphatic heterocycles. The molecule has 2 saturated heterocycles. The van der Waals surface area contributed by atoms with Gasteiger partial charge in [-0.15, -0.1) is 0 Å². The molecule has 0 aromatic carbocycles. The molecule has 6 heteroatoms. The van der Waals surface area contributed by atoms with Gasteiger partial charge in [0.25, 0.3) is 0 Å². The average molecular weight is 337 g/mol. The fraction of sp³-hybridized carbons (Fsp3) is 0.833. The first-order valence-corrected chi connectivity index (χ1v) is 9.24. The van der Waals surface area contributed by atoms with E-state index in [1.54, 1.807) is 18.7 Å². The molecule has 0 aromatic rings. The van der Waals surface area contributed by atoms with Crippen LogP contribution < -0.4 is 5.32 Å². The van der Waals surface area contributed by atoms with E-state index < -0.39 is 5.54 Å². The van der Waals surface area contributed by atoms with Gasteiger partial charge in [0.2, 0.25) is 17.7 Å². The minimum atomic E-state index is -0.892. The first kappa shape index (κ1) is 18.7. The Bertz CT molecular complexity index is 484. The smallest absolute Gasteiger partial charge is 0.247 e. The highest BCUT2D eigenvalue weighted by Crippen LogP contribution is 2.20. The van der Waals surface area contributed by atoms with E-state index in [0.29, 0.717) is 13.0 Å². The highest BCUT2D eigenvalue weighted by molar-refractivity contribution is 5.91. The van der Waals surface area contributed by atoms with Crippen molar-refractivity contribution >= 4 is 17.7 Å². The standard InChI is InChI=1S/C18H31N3O3/c1-4-8-15(22)21-12-7-9-14(13-21)16(23)19-18(2,3)17(24)20-10-5-6-11-20/h14H,4-13H2,1-3H3,(H,19,23)/t14-/m0/s1. The second kappa shape index (κ2) is 7.99. The molecule has 0 spiro atoms. The monoisotopic (exact) mass is 337 g/mol. The first-order valence-electron chi connectivity index (χ1n) is 9.24. The van der Waals surface area contributed by atoms with E-state index in [-0.39, 0.29) is 23.6 Å². The van der Waals surface area contributed by atoms with Crippen LogP contribution in [0.3, 0.4) is 0 Å². The Morgan fingerprint density at radius 3 is 2.29 bits per heavy atom. The predicted octanol–water partition coefficient (Wildman–Crippen LogP) is 1.54. The van der Waals surface area contributed by atoms with Crippen LogP contribution in [0.2, 0.25) is 0 Å². The van der Waals surface area contributed by atoms with Crippen molar-refractivity contribution in [1.29, 1.82) is 0 Å². The van der Waals surface area contributed by atoms with Gasteiger partial charge in [0, 0.05) is 32.6 Å². The molecule has 2 aliphatic rings.